The third-order valence-electron chi connectivity index (χ3n) is 1.33. The lowest BCUT2D eigenvalue weighted by Gasteiger charge is -2.06. The van der Waals surface area contributed by atoms with Gasteiger partial charge in [0.25, 0.3) is 0 Å². The number of pyridine rings is 1. The number of aromatic nitrogens is 1. The van der Waals surface area contributed by atoms with Gasteiger partial charge in [0.2, 0.25) is 0 Å². The molecule has 0 aliphatic heterocycles. The molecule has 1 rings (SSSR count). The van der Waals surface area contributed by atoms with E-state index in [9.17, 15) is 0 Å². The summed E-state index contributed by atoms with van der Waals surface area (Å²) in [6.07, 6.45) is 3.85. The van der Waals surface area contributed by atoms with E-state index in [0.29, 0.717) is 12.7 Å². The van der Waals surface area contributed by atoms with Crippen molar-refractivity contribution < 1.29 is 4.74 Å². The standard InChI is InChI=1S/C9H13NO/c1-8(2)11-7-9-3-5-10-6-4-9/h3-6,8H,7H2,1-2H3. The van der Waals surface area contributed by atoms with Gasteiger partial charge in [-0.15, -0.1) is 0 Å². The van der Waals surface area contributed by atoms with E-state index in [1.807, 2.05) is 26.0 Å². The molecule has 1 heterocycles. The third kappa shape index (κ3) is 3.14. The van der Waals surface area contributed by atoms with Crippen LogP contribution in [0, 0.1) is 0 Å². The van der Waals surface area contributed by atoms with Gasteiger partial charge in [0.05, 0.1) is 12.7 Å². The van der Waals surface area contributed by atoms with Crippen LogP contribution < -0.4 is 0 Å². The number of ether oxygens (including phenoxy) is 1. The lowest BCUT2D eigenvalue weighted by atomic mass is 10.3. The Morgan fingerprint density at radius 2 is 2.00 bits per heavy atom. The minimum Gasteiger partial charge on any atom is -0.374 e. The highest BCUT2D eigenvalue weighted by atomic mass is 16.5. The van der Waals surface area contributed by atoms with Crippen LogP contribution in [0.2, 0.25) is 0 Å². The van der Waals surface area contributed by atoms with Crippen LogP contribution in [0.25, 0.3) is 0 Å². The first-order valence-electron chi connectivity index (χ1n) is 3.79. The number of rotatable bonds is 3. The van der Waals surface area contributed by atoms with Gasteiger partial charge in [0, 0.05) is 12.4 Å². The molecule has 0 bridgehead atoms. The van der Waals surface area contributed by atoms with Crippen molar-refractivity contribution in [2.45, 2.75) is 26.6 Å². The van der Waals surface area contributed by atoms with Gasteiger partial charge in [0.15, 0.2) is 0 Å². The summed E-state index contributed by atoms with van der Waals surface area (Å²) in [6.45, 7) is 4.74. The normalized spacial score (nSPS) is 10.5. The molecule has 60 valence electrons. The average Bonchev–Trinajstić information content (AvgIpc) is 2.03. The minimum atomic E-state index is 0.295. The van der Waals surface area contributed by atoms with Crippen molar-refractivity contribution >= 4 is 0 Å². The van der Waals surface area contributed by atoms with Crippen LogP contribution in [0.3, 0.4) is 0 Å². The highest BCUT2D eigenvalue weighted by molar-refractivity contribution is 5.07. The molecule has 0 saturated heterocycles. The monoisotopic (exact) mass is 151 g/mol. The lowest BCUT2D eigenvalue weighted by molar-refractivity contribution is 0.0657. The fourth-order valence-electron chi connectivity index (χ4n) is 0.742. The Labute approximate surface area is 67.2 Å². The van der Waals surface area contributed by atoms with Gasteiger partial charge in [0.1, 0.15) is 0 Å². The molecule has 0 aliphatic carbocycles. The molecule has 11 heavy (non-hydrogen) atoms. The van der Waals surface area contributed by atoms with Crippen molar-refractivity contribution in [3.05, 3.63) is 30.1 Å². The summed E-state index contributed by atoms with van der Waals surface area (Å²) in [6, 6.07) is 3.92. The Hall–Kier alpha value is -0.890. The molecule has 2 heteroatoms. The fraction of sp³-hybridized carbons (Fsp3) is 0.444. The zero-order valence-corrected chi connectivity index (χ0v) is 6.95. The molecule has 0 spiro atoms. The molecule has 0 aromatic carbocycles. The highest BCUT2D eigenvalue weighted by Crippen LogP contribution is 2.00. The third-order valence-corrected chi connectivity index (χ3v) is 1.33. The Kier molecular flexibility index (Phi) is 3.05. The van der Waals surface area contributed by atoms with E-state index < -0.39 is 0 Å². The van der Waals surface area contributed by atoms with Crippen LogP contribution in [0.1, 0.15) is 19.4 Å². The summed E-state index contributed by atoms with van der Waals surface area (Å²) in [5.74, 6) is 0. The van der Waals surface area contributed by atoms with Crippen LogP contribution in [-0.4, -0.2) is 11.1 Å². The number of hydrogen-bond donors (Lipinski definition) is 0. The van der Waals surface area contributed by atoms with Gasteiger partial charge < -0.3 is 4.74 Å². The second kappa shape index (κ2) is 4.09. The van der Waals surface area contributed by atoms with Gasteiger partial charge in [-0.25, -0.2) is 0 Å². The second-order valence-corrected chi connectivity index (χ2v) is 2.72. The van der Waals surface area contributed by atoms with Crippen LogP contribution in [0.5, 0.6) is 0 Å². The number of nitrogens with zero attached hydrogens (tertiary/aromatic N) is 1. The molecule has 0 atom stereocenters. The Bertz CT molecular complexity index is 196. The summed E-state index contributed by atoms with van der Waals surface area (Å²) in [7, 11) is 0. The molecule has 0 saturated carbocycles. The molecule has 0 fully saturated rings. The first-order valence-corrected chi connectivity index (χ1v) is 3.79. The molecule has 0 N–H and O–H groups in total. The van der Waals surface area contributed by atoms with E-state index in [4.69, 9.17) is 4.74 Å². The average molecular weight is 151 g/mol. The van der Waals surface area contributed by atoms with Crippen LogP contribution in [-0.2, 0) is 11.3 Å². The Morgan fingerprint density at radius 3 is 2.55 bits per heavy atom. The first-order chi connectivity index (χ1) is 5.29. The zero-order valence-electron chi connectivity index (χ0n) is 6.95. The molecular weight excluding hydrogens is 138 g/mol. The van der Waals surface area contributed by atoms with E-state index >= 15 is 0 Å². The molecule has 1 aromatic heterocycles. The van der Waals surface area contributed by atoms with E-state index in [1.165, 1.54) is 5.56 Å². The van der Waals surface area contributed by atoms with Crippen molar-refractivity contribution in [2.75, 3.05) is 0 Å². The minimum absolute atomic E-state index is 0.295. The highest BCUT2D eigenvalue weighted by Gasteiger charge is 1.93. The van der Waals surface area contributed by atoms with Crippen LogP contribution >= 0.6 is 0 Å². The van der Waals surface area contributed by atoms with E-state index in [2.05, 4.69) is 4.98 Å². The lowest BCUT2D eigenvalue weighted by Crippen LogP contribution is -2.01. The van der Waals surface area contributed by atoms with Gasteiger partial charge in [-0.3, -0.25) is 4.98 Å². The predicted octanol–water partition coefficient (Wildman–Crippen LogP) is 2.01. The molecular formula is C9H13NO. The van der Waals surface area contributed by atoms with E-state index in [1.54, 1.807) is 12.4 Å². The maximum absolute atomic E-state index is 5.40. The molecule has 0 radical (unpaired) electrons. The molecule has 2 nitrogen and oxygen atoms in total. The van der Waals surface area contributed by atoms with Crippen LogP contribution in [0.4, 0.5) is 0 Å². The first kappa shape index (κ1) is 8.21. The summed E-state index contributed by atoms with van der Waals surface area (Å²) < 4.78 is 5.40. The van der Waals surface area contributed by atoms with Gasteiger partial charge in [-0.1, -0.05) is 0 Å². The van der Waals surface area contributed by atoms with Gasteiger partial charge in [-0.2, -0.15) is 0 Å². The van der Waals surface area contributed by atoms with Crippen molar-refractivity contribution in [3.63, 3.8) is 0 Å². The summed E-state index contributed by atoms with van der Waals surface area (Å²) in [5.41, 5.74) is 1.17. The summed E-state index contributed by atoms with van der Waals surface area (Å²) in [5, 5.41) is 0. The Balaban J connectivity index is 2.39. The van der Waals surface area contributed by atoms with Crippen LogP contribution in [0.15, 0.2) is 24.5 Å². The summed E-state index contributed by atoms with van der Waals surface area (Å²) in [4.78, 5) is 3.92. The van der Waals surface area contributed by atoms with Gasteiger partial charge >= 0.3 is 0 Å². The maximum Gasteiger partial charge on any atom is 0.0721 e. The fourth-order valence-corrected chi connectivity index (χ4v) is 0.742. The smallest absolute Gasteiger partial charge is 0.0721 e. The maximum atomic E-state index is 5.40. The summed E-state index contributed by atoms with van der Waals surface area (Å²) >= 11 is 0. The second-order valence-electron chi connectivity index (χ2n) is 2.72. The predicted molar refractivity (Wildman–Crippen MR) is 44.2 cm³/mol. The topological polar surface area (TPSA) is 22.1 Å². The van der Waals surface area contributed by atoms with E-state index in [0.717, 1.165) is 0 Å². The molecule has 0 aliphatic rings. The van der Waals surface area contributed by atoms with Crippen molar-refractivity contribution in [3.8, 4) is 0 Å². The molecule has 1 aromatic rings. The zero-order chi connectivity index (χ0) is 8.10. The molecule has 0 amide bonds. The largest absolute Gasteiger partial charge is 0.374 e. The Morgan fingerprint density at radius 1 is 1.36 bits per heavy atom. The quantitative estimate of drug-likeness (QED) is 0.659. The number of hydrogen-bond acceptors (Lipinski definition) is 2. The van der Waals surface area contributed by atoms with E-state index in [-0.39, 0.29) is 0 Å². The van der Waals surface area contributed by atoms with Gasteiger partial charge in [-0.05, 0) is 31.5 Å². The molecule has 0 unspecified atom stereocenters. The SMILES string of the molecule is CC(C)OCc1ccncc1. The van der Waals surface area contributed by atoms with Crippen molar-refractivity contribution in [1.29, 1.82) is 0 Å². The van der Waals surface area contributed by atoms with Crippen molar-refractivity contribution in [1.82, 2.24) is 4.98 Å². The van der Waals surface area contributed by atoms with Crippen molar-refractivity contribution in [2.24, 2.45) is 0 Å².